The van der Waals surface area contributed by atoms with E-state index in [2.05, 4.69) is 20.7 Å². The Labute approximate surface area is 203 Å². The van der Waals surface area contributed by atoms with Gasteiger partial charge in [-0.2, -0.15) is 4.80 Å². The molecule has 1 aliphatic heterocycles. The molecule has 3 aromatic rings. The number of nitrogens with one attached hydrogen (secondary N) is 1. The first-order valence-electron chi connectivity index (χ1n) is 12.1. The number of hydrogen-bond acceptors (Lipinski definition) is 5. The molecular weight excluding hydrogens is 447 g/mol. The molecule has 2 amide bonds. The van der Waals surface area contributed by atoms with E-state index in [-0.39, 0.29) is 24.2 Å². The maximum Gasteiger partial charge on any atom is 0.246 e. The molecule has 1 saturated carbocycles. The second-order valence-electron chi connectivity index (χ2n) is 9.47. The maximum absolute atomic E-state index is 15.1. The van der Waals surface area contributed by atoms with Gasteiger partial charge >= 0.3 is 0 Å². The summed E-state index contributed by atoms with van der Waals surface area (Å²) >= 11 is 0. The van der Waals surface area contributed by atoms with Crippen LogP contribution in [-0.2, 0) is 16.1 Å². The number of halogens is 1. The zero-order chi connectivity index (χ0) is 24.5. The van der Waals surface area contributed by atoms with Crippen LogP contribution in [0.4, 0.5) is 4.39 Å². The number of rotatable bonds is 7. The van der Waals surface area contributed by atoms with Crippen molar-refractivity contribution in [2.24, 2.45) is 0 Å². The third kappa shape index (κ3) is 4.94. The summed E-state index contributed by atoms with van der Waals surface area (Å²) in [6.07, 6.45) is 3.33. The van der Waals surface area contributed by atoms with Crippen molar-refractivity contribution in [3.05, 3.63) is 76.4 Å². The Balaban J connectivity index is 1.38. The van der Waals surface area contributed by atoms with E-state index in [9.17, 15) is 9.59 Å². The summed E-state index contributed by atoms with van der Waals surface area (Å²) in [4.78, 5) is 29.2. The molecule has 1 aromatic heterocycles. The van der Waals surface area contributed by atoms with Crippen LogP contribution in [-0.4, -0.2) is 49.5 Å². The smallest absolute Gasteiger partial charge is 0.246 e. The number of nitrogens with zero attached hydrogens (tertiary/aromatic N) is 5. The number of aryl methyl sites for hydroxylation is 2. The Kier molecular flexibility index (Phi) is 6.32. The molecule has 0 bridgehead atoms. The number of benzene rings is 2. The summed E-state index contributed by atoms with van der Waals surface area (Å²) in [6.45, 7) is 4.05. The maximum atomic E-state index is 15.1. The number of likely N-dealkylation sites (tertiary alicyclic amines) is 1. The Morgan fingerprint density at radius 2 is 1.89 bits per heavy atom. The lowest BCUT2D eigenvalue weighted by Crippen LogP contribution is -2.48. The van der Waals surface area contributed by atoms with Crippen LogP contribution in [0.15, 0.2) is 42.5 Å². The summed E-state index contributed by atoms with van der Waals surface area (Å²) in [7, 11) is 0. The van der Waals surface area contributed by atoms with Crippen LogP contribution < -0.4 is 5.32 Å². The Bertz CT molecular complexity index is 1220. The molecule has 182 valence electrons. The molecule has 2 aliphatic rings. The van der Waals surface area contributed by atoms with Crippen LogP contribution in [0.2, 0.25) is 0 Å². The van der Waals surface area contributed by atoms with E-state index in [0.29, 0.717) is 30.3 Å². The second kappa shape index (κ2) is 9.56. The van der Waals surface area contributed by atoms with Crippen LogP contribution in [0.1, 0.15) is 65.7 Å². The van der Waals surface area contributed by atoms with E-state index in [0.717, 1.165) is 36.0 Å². The number of tetrazole rings is 1. The molecule has 9 heteroatoms. The fourth-order valence-electron chi connectivity index (χ4n) is 5.02. The van der Waals surface area contributed by atoms with Crippen molar-refractivity contribution in [1.82, 2.24) is 30.4 Å². The van der Waals surface area contributed by atoms with E-state index >= 15 is 4.39 Å². The summed E-state index contributed by atoms with van der Waals surface area (Å²) in [5, 5.41) is 14.8. The van der Waals surface area contributed by atoms with Crippen LogP contribution in [0.3, 0.4) is 0 Å². The van der Waals surface area contributed by atoms with Crippen molar-refractivity contribution in [3.63, 3.8) is 0 Å². The molecule has 1 unspecified atom stereocenters. The lowest BCUT2D eigenvalue weighted by Gasteiger charge is -2.27. The highest BCUT2D eigenvalue weighted by atomic mass is 19.1. The van der Waals surface area contributed by atoms with Gasteiger partial charge in [0.15, 0.2) is 5.82 Å². The number of hydrogen-bond donors (Lipinski definition) is 1. The Hall–Kier alpha value is -3.62. The van der Waals surface area contributed by atoms with Crippen molar-refractivity contribution >= 4 is 11.8 Å². The van der Waals surface area contributed by atoms with Gasteiger partial charge in [-0.1, -0.05) is 36.4 Å². The molecule has 2 heterocycles. The van der Waals surface area contributed by atoms with Gasteiger partial charge in [0.1, 0.15) is 18.4 Å². The van der Waals surface area contributed by atoms with E-state index in [1.165, 1.54) is 4.80 Å². The summed E-state index contributed by atoms with van der Waals surface area (Å²) in [6, 6.07) is 11.9. The van der Waals surface area contributed by atoms with Crippen molar-refractivity contribution in [3.8, 4) is 0 Å². The number of carbonyl (C=O) groups excluding carboxylic acids is 2. The summed E-state index contributed by atoms with van der Waals surface area (Å²) in [5.41, 5.74) is 3.25. The molecule has 2 atom stereocenters. The predicted molar refractivity (Wildman–Crippen MR) is 127 cm³/mol. The minimum Gasteiger partial charge on any atom is -0.343 e. The van der Waals surface area contributed by atoms with Crippen molar-refractivity contribution in [2.45, 2.75) is 64.1 Å². The molecule has 35 heavy (non-hydrogen) atoms. The first-order chi connectivity index (χ1) is 16.9. The molecule has 2 aromatic carbocycles. The molecule has 1 aliphatic carbocycles. The van der Waals surface area contributed by atoms with Gasteiger partial charge in [-0.15, -0.1) is 10.2 Å². The fourth-order valence-corrected chi connectivity index (χ4v) is 5.02. The fraction of sp³-hybridized carbons (Fsp3) is 0.423. The third-order valence-corrected chi connectivity index (χ3v) is 6.80. The minimum atomic E-state index is -0.602. The van der Waals surface area contributed by atoms with Crippen molar-refractivity contribution in [1.29, 1.82) is 0 Å². The first kappa shape index (κ1) is 23.1. The lowest BCUT2D eigenvalue weighted by molar-refractivity contribution is -0.139. The number of aromatic nitrogens is 4. The standard InChI is InChI=1S/C26H29FN6O2/c1-16-13-20(14-21(27)24(16)18-10-11-18)25(19-7-4-3-5-8-19)28-26(35)22-9-6-12-32(22)23(34)15-33-30-17(2)29-31-33/h3-5,7-8,13-14,18,22,25H,6,9-12,15H2,1-2H3,(H,28,35)/t22-,25?/m0/s1. The molecule has 0 spiro atoms. The second-order valence-corrected chi connectivity index (χ2v) is 9.47. The van der Waals surface area contributed by atoms with Crippen molar-refractivity contribution in [2.75, 3.05) is 6.54 Å². The van der Waals surface area contributed by atoms with Gasteiger partial charge in [-0.05, 0) is 79.0 Å². The van der Waals surface area contributed by atoms with Gasteiger partial charge in [0.25, 0.3) is 0 Å². The van der Waals surface area contributed by atoms with Gasteiger partial charge in [-0.25, -0.2) is 4.39 Å². The first-order valence-corrected chi connectivity index (χ1v) is 12.1. The Morgan fingerprint density at radius 3 is 2.54 bits per heavy atom. The van der Waals surface area contributed by atoms with E-state index in [1.807, 2.05) is 43.3 Å². The minimum absolute atomic E-state index is 0.0697. The zero-order valence-electron chi connectivity index (χ0n) is 19.9. The van der Waals surface area contributed by atoms with E-state index < -0.39 is 12.1 Å². The number of amides is 2. The highest BCUT2D eigenvalue weighted by Gasteiger charge is 2.36. The molecular formula is C26H29FN6O2. The average molecular weight is 477 g/mol. The lowest BCUT2D eigenvalue weighted by atomic mass is 9.93. The Morgan fingerprint density at radius 1 is 1.11 bits per heavy atom. The van der Waals surface area contributed by atoms with Crippen LogP contribution >= 0.6 is 0 Å². The monoisotopic (exact) mass is 476 g/mol. The summed E-state index contributed by atoms with van der Waals surface area (Å²) in [5.74, 6) is 0.0827. The van der Waals surface area contributed by atoms with Gasteiger partial charge in [0.2, 0.25) is 11.8 Å². The molecule has 8 nitrogen and oxygen atoms in total. The number of carbonyl (C=O) groups is 2. The zero-order valence-corrected chi connectivity index (χ0v) is 19.9. The van der Waals surface area contributed by atoms with Crippen LogP contribution in [0.25, 0.3) is 0 Å². The third-order valence-electron chi connectivity index (χ3n) is 6.80. The summed E-state index contributed by atoms with van der Waals surface area (Å²) < 4.78 is 15.1. The van der Waals surface area contributed by atoms with Gasteiger partial charge < -0.3 is 10.2 Å². The predicted octanol–water partition coefficient (Wildman–Crippen LogP) is 3.20. The average Bonchev–Trinajstić information content (AvgIpc) is 3.37. The van der Waals surface area contributed by atoms with Crippen LogP contribution in [0.5, 0.6) is 0 Å². The highest BCUT2D eigenvalue weighted by Crippen LogP contribution is 2.43. The highest BCUT2D eigenvalue weighted by molar-refractivity contribution is 5.88. The van der Waals surface area contributed by atoms with E-state index in [1.54, 1.807) is 17.9 Å². The van der Waals surface area contributed by atoms with Gasteiger partial charge in [-0.3, -0.25) is 9.59 Å². The molecule has 0 radical (unpaired) electrons. The quantitative estimate of drug-likeness (QED) is 0.565. The topological polar surface area (TPSA) is 93.0 Å². The largest absolute Gasteiger partial charge is 0.343 e. The SMILES string of the molecule is Cc1nnn(CC(=O)N2CCC[C@H]2C(=O)NC(c2ccccc2)c2cc(C)c(C3CC3)c(F)c2)n1. The van der Waals surface area contributed by atoms with Gasteiger partial charge in [0.05, 0.1) is 6.04 Å². The molecule has 5 rings (SSSR count). The molecule has 1 saturated heterocycles. The molecule has 2 fully saturated rings. The molecule has 1 N–H and O–H groups in total. The van der Waals surface area contributed by atoms with Gasteiger partial charge in [0, 0.05) is 6.54 Å². The van der Waals surface area contributed by atoms with Crippen LogP contribution in [0, 0.1) is 19.7 Å². The van der Waals surface area contributed by atoms with E-state index in [4.69, 9.17) is 0 Å². The van der Waals surface area contributed by atoms with Crippen molar-refractivity contribution < 1.29 is 14.0 Å². The normalized spacial score (nSPS) is 18.5.